The summed E-state index contributed by atoms with van der Waals surface area (Å²) in [5.41, 5.74) is 0. The molecule has 0 aromatic rings. The molecule has 0 atom stereocenters. The van der Waals surface area contributed by atoms with Crippen molar-refractivity contribution in [1.82, 2.24) is 0 Å². The number of hydrogen-bond donors (Lipinski definition) is 2. The van der Waals surface area contributed by atoms with E-state index in [0.717, 1.165) is 12.8 Å². The molecule has 0 heterocycles. The van der Waals surface area contributed by atoms with Crippen LogP contribution in [0.3, 0.4) is 0 Å². The van der Waals surface area contributed by atoms with Gasteiger partial charge in [0.1, 0.15) is 0 Å². The van der Waals surface area contributed by atoms with Crippen LogP contribution in [0.4, 0.5) is 0 Å². The molecule has 0 unspecified atom stereocenters. The predicted octanol–water partition coefficient (Wildman–Crippen LogP) is 1.33. The Bertz CT molecular complexity index is 88.4. The van der Waals surface area contributed by atoms with Crippen LogP contribution in [0.15, 0.2) is 0 Å². The summed E-state index contributed by atoms with van der Waals surface area (Å²) in [6.45, 7) is 2.72. The number of rotatable bonds is 8. The van der Waals surface area contributed by atoms with Gasteiger partial charge in [0.2, 0.25) is 0 Å². The summed E-state index contributed by atoms with van der Waals surface area (Å²) >= 11 is -3.10. The summed E-state index contributed by atoms with van der Waals surface area (Å²) in [6, 6.07) is 0. The third-order valence-electron chi connectivity index (χ3n) is 1.70. The van der Waals surface area contributed by atoms with Crippen molar-refractivity contribution in [3.8, 4) is 0 Å². The molecule has 4 heteroatoms. The Morgan fingerprint density at radius 2 is 1.58 bits per heavy atom. The zero-order valence-electron chi connectivity index (χ0n) is 7.70. The molecule has 0 saturated heterocycles. The van der Waals surface area contributed by atoms with Gasteiger partial charge in [-0.25, -0.2) is 0 Å². The van der Waals surface area contributed by atoms with Crippen LogP contribution >= 0.6 is 0 Å². The molecule has 0 aliphatic heterocycles. The summed E-state index contributed by atoms with van der Waals surface area (Å²) in [6.07, 6.45) is 7.21. The predicted molar refractivity (Wildman–Crippen MR) is 49.5 cm³/mol. The van der Waals surface area contributed by atoms with E-state index in [0.29, 0.717) is 6.61 Å². The molecule has 0 aliphatic rings. The number of hydrogen-bond acceptors (Lipinski definition) is 3. The van der Waals surface area contributed by atoms with Crippen LogP contribution in [0.1, 0.15) is 45.4 Å². The van der Waals surface area contributed by atoms with Crippen molar-refractivity contribution in [1.29, 1.82) is 0 Å². The van der Waals surface area contributed by atoms with E-state index in [4.69, 9.17) is 9.79 Å². The minimum atomic E-state index is -3.10. The van der Waals surface area contributed by atoms with Crippen LogP contribution in [0, 0.1) is 0 Å². The van der Waals surface area contributed by atoms with Gasteiger partial charge in [-0.1, -0.05) is 0 Å². The quantitative estimate of drug-likeness (QED) is 0.522. The van der Waals surface area contributed by atoms with Crippen molar-refractivity contribution in [2.24, 2.45) is 0 Å². The average molecular weight is 285 g/mol. The van der Waals surface area contributed by atoms with E-state index in [1.165, 1.54) is 25.7 Å². The van der Waals surface area contributed by atoms with Gasteiger partial charge in [-0.05, 0) is 0 Å². The van der Waals surface area contributed by atoms with E-state index in [2.05, 4.69) is 6.92 Å². The number of unbranched alkanes of at least 4 members (excludes halogenated alkanes) is 5. The molecule has 0 fully saturated rings. The fraction of sp³-hybridized carbons (Fsp3) is 1.00. The third-order valence-corrected chi connectivity index (χ3v) is 2.88. The van der Waals surface area contributed by atoms with E-state index < -0.39 is 21.5 Å². The first-order valence-corrected chi connectivity index (χ1v) is 7.90. The van der Waals surface area contributed by atoms with E-state index in [9.17, 15) is 0 Å². The second-order valence-electron chi connectivity index (χ2n) is 2.85. The van der Waals surface area contributed by atoms with Crippen LogP contribution in [0.25, 0.3) is 0 Å². The summed E-state index contributed by atoms with van der Waals surface area (Å²) in [7, 11) is 0. The van der Waals surface area contributed by atoms with Gasteiger partial charge in [-0.2, -0.15) is 0 Å². The van der Waals surface area contributed by atoms with Crippen LogP contribution in [0.5, 0.6) is 0 Å². The molecule has 3 nitrogen and oxygen atoms in total. The van der Waals surface area contributed by atoms with Gasteiger partial charge in [0.25, 0.3) is 0 Å². The van der Waals surface area contributed by atoms with Crippen molar-refractivity contribution in [3.63, 3.8) is 0 Å². The monoisotopic (exact) mass is 284 g/mol. The van der Waals surface area contributed by atoms with Gasteiger partial charge >= 0.3 is 83.3 Å². The van der Waals surface area contributed by atoms with Crippen molar-refractivity contribution in [2.45, 2.75) is 45.4 Å². The topological polar surface area (TPSA) is 49.7 Å². The van der Waals surface area contributed by atoms with Crippen LogP contribution < -0.4 is 0 Å². The summed E-state index contributed by atoms with van der Waals surface area (Å²) in [5.74, 6) is 0. The van der Waals surface area contributed by atoms with Gasteiger partial charge in [0.15, 0.2) is 0 Å². The molecule has 12 heavy (non-hydrogen) atoms. The second kappa shape index (κ2) is 9.78. The Hall–Kier alpha value is 0.698. The Balaban J connectivity index is 2.82. The first-order chi connectivity index (χ1) is 5.77. The van der Waals surface area contributed by atoms with E-state index >= 15 is 0 Å². The first-order valence-electron chi connectivity index (χ1n) is 4.58. The third kappa shape index (κ3) is 10.7. The van der Waals surface area contributed by atoms with Gasteiger partial charge in [0, 0.05) is 0 Å². The molecular weight excluding hydrogens is 266 g/mol. The molecule has 0 radical (unpaired) electrons. The van der Waals surface area contributed by atoms with Crippen molar-refractivity contribution >= 4 is 21.5 Å². The molecule has 2 N–H and O–H groups in total. The molecule has 0 amide bonds. The summed E-state index contributed by atoms with van der Waals surface area (Å²) < 4.78 is 21.8. The molecular formula is C8H19O3Sb. The van der Waals surface area contributed by atoms with Crippen molar-refractivity contribution < 1.29 is 9.79 Å². The van der Waals surface area contributed by atoms with Gasteiger partial charge in [-0.3, -0.25) is 0 Å². The normalized spacial score (nSPS) is 11.0. The van der Waals surface area contributed by atoms with E-state index in [1.807, 2.05) is 0 Å². The van der Waals surface area contributed by atoms with E-state index in [-0.39, 0.29) is 0 Å². The van der Waals surface area contributed by atoms with Gasteiger partial charge in [0.05, 0.1) is 0 Å². The molecule has 0 aromatic carbocycles. The minimum absolute atomic E-state index is 0.530. The standard InChI is InChI=1S/C8H17O.2H2O.Sb/c1-2-3-4-5-6-7-8-9;;;/h2-8H2,1H3;2*1H2;/q-1;;;+3/p-2. The Morgan fingerprint density at radius 1 is 1.00 bits per heavy atom. The Labute approximate surface area is 83.4 Å². The average Bonchev–Trinajstić information content (AvgIpc) is 2.02. The zero-order valence-corrected chi connectivity index (χ0v) is 10.3. The second-order valence-corrected chi connectivity index (χ2v) is 5.03. The Morgan fingerprint density at radius 3 is 2.17 bits per heavy atom. The van der Waals surface area contributed by atoms with Crippen LogP contribution in [0.2, 0.25) is 0 Å². The van der Waals surface area contributed by atoms with Crippen molar-refractivity contribution in [2.75, 3.05) is 6.61 Å². The molecule has 0 bridgehead atoms. The fourth-order valence-electron chi connectivity index (χ4n) is 1.03. The van der Waals surface area contributed by atoms with Crippen LogP contribution in [-0.4, -0.2) is 34.8 Å². The first kappa shape index (κ1) is 12.7. The summed E-state index contributed by atoms with van der Waals surface area (Å²) in [5, 5.41) is 0. The van der Waals surface area contributed by atoms with Gasteiger partial charge < -0.3 is 0 Å². The van der Waals surface area contributed by atoms with E-state index in [1.54, 1.807) is 0 Å². The SMILES string of the molecule is CCCCCCCC[O][Sb]([OH])[OH]. The maximum absolute atomic E-state index is 8.51. The molecule has 0 aromatic heterocycles. The van der Waals surface area contributed by atoms with Crippen molar-refractivity contribution in [3.05, 3.63) is 0 Å². The summed E-state index contributed by atoms with van der Waals surface area (Å²) in [4.78, 5) is 0. The fourth-order valence-corrected chi connectivity index (χ4v) is 1.86. The zero-order chi connectivity index (χ0) is 9.23. The molecule has 0 saturated carbocycles. The molecule has 0 spiro atoms. The van der Waals surface area contributed by atoms with Crippen LogP contribution in [-0.2, 0) is 3.02 Å². The molecule has 0 aliphatic carbocycles. The molecule has 74 valence electrons. The maximum atomic E-state index is 8.51. The Kier molecular flexibility index (Phi) is 10.4. The molecule has 0 rings (SSSR count). The van der Waals surface area contributed by atoms with Gasteiger partial charge in [-0.15, -0.1) is 0 Å².